The third kappa shape index (κ3) is 2.47. The zero-order valence-corrected chi connectivity index (χ0v) is 11.4. The summed E-state index contributed by atoms with van der Waals surface area (Å²) in [5, 5.41) is 3.38. The highest BCUT2D eigenvalue weighted by Crippen LogP contribution is 2.21. The molecule has 19 heavy (non-hydrogen) atoms. The van der Waals surface area contributed by atoms with Gasteiger partial charge in [0.25, 0.3) is 5.91 Å². The molecule has 5 heteroatoms. The summed E-state index contributed by atoms with van der Waals surface area (Å²) >= 11 is 0. The molecule has 0 aromatic carbocycles. The molecule has 1 atom stereocenters. The molecule has 3 rings (SSSR count). The van der Waals surface area contributed by atoms with E-state index in [2.05, 4.69) is 15.3 Å². The SMILES string of the molecule is Cc1nc([C@@H]2CCCN2)ncc1C(=O)N1CCCC1. The van der Waals surface area contributed by atoms with E-state index in [0.717, 1.165) is 50.4 Å². The van der Waals surface area contributed by atoms with Gasteiger partial charge in [0, 0.05) is 19.3 Å². The van der Waals surface area contributed by atoms with Gasteiger partial charge in [-0.25, -0.2) is 9.97 Å². The predicted molar refractivity (Wildman–Crippen MR) is 71.9 cm³/mol. The van der Waals surface area contributed by atoms with Gasteiger partial charge < -0.3 is 10.2 Å². The fraction of sp³-hybridized carbons (Fsp3) is 0.643. The van der Waals surface area contributed by atoms with Crippen LogP contribution in [0.5, 0.6) is 0 Å². The second-order valence-corrected chi connectivity index (χ2v) is 5.38. The number of hydrogen-bond donors (Lipinski definition) is 1. The first-order valence-corrected chi connectivity index (χ1v) is 7.12. The number of amides is 1. The van der Waals surface area contributed by atoms with Gasteiger partial charge in [0.2, 0.25) is 0 Å². The second-order valence-electron chi connectivity index (χ2n) is 5.38. The Bertz CT molecular complexity index is 476. The summed E-state index contributed by atoms with van der Waals surface area (Å²) in [7, 11) is 0. The highest BCUT2D eigenvalue weighted by atomic mass is 16.2. The first-order chi connectivity index (χ1) is 9.25. The fourth-order valence-electron chi connectivity index (χ4n) is 2.86. The minimum absolute atomic E-state index is 0.0842. The van der Waals surface area contributed by atoms with Gasteiger partial charge >= 0.3 is 0 Å². The average molecular weight is 260 g/mol. The van der Waals surface area contributed by atoms with Crippen molar-refractivity contribution < 1.29 is 4.79 Å². The fourth-order valence-corrected chi connectivity index (χ4v) is 2.86. The molecule has 0 bridgehead atoms. The molecule has 1 aromatic rings. The van der Waals surface area contributed by atoms with Crippen LogP contribution in [-0.4, -0.2) is 40.4 Å². The maximum absolute atomic E-state index is 12.3. The molecule has 0 spiro atoms. The molecule has 102 valence electrons. The molecule has 0 radical (unpaired) electrons. The van der Waals surface area contributed by atoms with Crippen LogP contribution in [0.3, 0.4) is 0 Å². The number of aryl methyl sites for hydroxylation is 1. The quantitative estimate of drug-likeness (QED) is 0.874. The van der Waals surface area contributed by atoms with E-state index in [9.17, 15) is 4.79 Å². The maximum atomic E-state index is 12.3. The Kier molecular flexibility index (Phi) is 3.46. The van der Waals surface area contributed by atoms with Gasteiger partial charge in [-0.15, -0.1) is 0 Å². The molecule has 5 nitrogen and oxygen atoms in total. The van der Waals surface area contributed by atoms with Crippen LogP contribution in [0.2, 0.25) is 0 Å². The van der Waals surface area contributed by atoms with Crippen LogP contribution < -0.4 is 5.32 Å². The van der Waals surface area contributed by atoms with E-state index in [4.69, 9.17) is 0 Å². The van der Waals surface area contributed by atoms with Crippen molar-refractivity contribution in [2.45, 2.75) is 38.6 Å². The lowest BCUT2D eigenvalue weighted by Crippen LogP contribution is -2.29. The number of aromatic nitrogens is 2. The summed E-state index contributed by atoms with van der Waals surface area (Å²) in [6.45, 7) is 4.67. The van der Waals surface area contributed by atoms with Gasteiger partial charge in [-0.3, -0.25) is 4.79 Å². The molecule has 1 aromatic heterocycles. The smallest absolute Gasteiger partial charge is 0.257 e. The molecule has 1 N–H and O–H groups in total. The highest BCUT2D eigenvalue weighted by Gasteiger charge is 2.24. The van der Waals surface area contributed by atoms with Gasteiger partial charge in [0.05, 0.1) is 17.3 Å². The molecule has 2 saturated heterocycles. The Morgan fingerprint density at radius 1 is 1.37 bits per heavy atom. The Morgan fingerprint density at radius 3 is 2.79 bits per heavy atom. The first kappa shape index (κ1) is 12.5. The van der Waals surface area contributed by atoms with Crippen LogP contribution in [-0.2, 0) is 0 Å². The Balaban J connectivity index is 1.80. The van der Waals surface area contributed by atoms with E-state index in [1.807, 2.05) is 11.8 Å². The van der Waals surface area contributed by atoms with Crippen LogP contribution in [0, 0.1) is 6.92 Å². The number of carbonyl (C=O) groups is 1. The Morgan fingerprint density at radius 2 is 2.16 bits per heavy atom. The van der Waals surface area contributed by atoms with E-state index >= 15 is 0 Å². The molecular weight excluding hydrogens is 240 g/mol. The predicted octanol–water partition coefficient (Wildman–Crippen LogP) is 1.45. The van der Waals surface area contributed by atoms with Crippen LogP contribution >= 0.6 is 0 Å². The Labute approximate surface area is 113 Å². The van der Waals surface area contributed by atoms with Crippen molar-refractivity contribution in [2.75, 3.05) is 19.6 Å². The number of nitrogens with zero attached hydrogens (tertiary/aromatic N) is 3. The van der Waals surface area contributed by atoms with E-state index in [-0.39, 0.29) is 11.9 Å². The molecular formula is C14H20N4O. The van der Waals surface area contributed by atoms with E-state index in [1.54, 1.807) is 6.20 Å². The lowest BCUT2D eigenvalue weighted by Gasteiger charge is -2.17. The topological polar surface area (TPSA) is 58.1 Å². The molecule has 0 saturated carbocycles. The van der Waals surface area contributed by atoms with Gasteiger partial charge in [0.1, 0.15) is 5.82 Å². The molecule has 1 amide bonds. The van der Waals surface area contributed by atoms with Crippen molar-refractivity contribution in [1.82, 2.24) is 20.2 Å². The standard InChI is InChI=1S/C14H20N4O/c1-10-11(14(19)18-7-2-3-8-18)9-16-13(17-10)12-5-4-6-15-12/h9,12,15H,2-8H2,1H3/t12-/m0/s1. The van der Waals surface area contributed by atoms with Crippen molar-refractivity contribution in [3.63, 3.8) is 0 Å². The van der Waals surface area contributed by atoms with Gasteiger partial charge in [0.15, 0.2) is 0 Å². The summed E-state index contributed by atoms with van der Waals surface area (Å²) in [6, 6.07) is 0.259. The number of carbonyl (C=O) groups excluding carboxylic acids is 1. The molecule has 0 unspecified atom stereocenters. The highest BCUT2D eigenvalue weighted by molar-refractivity contribution is 5.95. The molecule has 0 aliphatic carbocycles. The van der Waals surface area contributed by atoms with Gasteiger partial charge in [-0.1, -0.05) is 0 Å². The van der Waals surface area contributed by atoms with Crippen molar-refractivity contribution in [1.29, 1.82) is 0 Å². The molecule has 2 aliphatic rings. The van der Waals surface area contributed by atoms with Crippen molar-refractivity contribution in [3.05, 3.63) is 23.3 Å². The third-order valence-electron chi connectivity index (χ3n) is 3.99. The summed E-state index contributed by atoms with van der Waals surface area (Å²) in [5.41, 5.74) is 1.46. The summed E-state index contributed by atoms with van der Waals surface area (Å²) in [6.07, 6.45) is 6.17. The third-order valence-corrected chi connectivity index (χ3v) is 3.99. The van der Waals surface area contributed by atoms with Crippen molar-refractivity contribution >= 4 is 5.91 Å². The maximum Gasteiger partial charge on any atom is 0.257 e. The van der Waals surface area contributed by atoms with E-state index in [1.165, 1.54) is 6.42 Å². The van der Waals surface area contributed by atoms with Gasteiger partial charge in [-0.2, -0.15) is 0 Å². The van der Waals surface area contributed by atoms with E-state index in [0.29, 0.717) is 5.56 Å². The van der Waals surface area contributed by atoms with Crippen molar-refractivity contribution in [3.8, 4) is 0 Å². The molecule has 2 aliphatic heterocycles. The van der Waals surface area contributed by atoms with Crippen molar-refractivity contribution in [2.24, 2.45) is 0 Å². The lowest BCUT2D eigenvalue weighted by molar-refractivity contribution is 0.0791. The average Bonchev–Trinajstić information content (AvgIpc) is 3.11. The second kappa shape index (κ2) is 5.25. The van der Waals surface area contributed by atoms with Crippen LogP contribution in [0.25, 0.3) is 0 Å². The first-order valence-electron chi connectivity index (χ1n) is 7.12. The summed E-state index contributed by atoms with van der Waals surface area (Å²) in [5.74, 6) is 0.911. The Hall–Kier alpha value is -1.49. The molecule has 2 fully saturated rings. The molecule has 3 heterocycles. The van der Waals surface area contributed by atoms with Crippen LogP contribution in [0.15, 0.2) is 6.20 Å². The zero-order chi connectivity index (χ0) is 13.2. The van der Waals surface area contributed by atoms with E-state index < -0.39 is 0 Å². The van der Waals surface area contributed by atoms with Gasteiger partial charge in [-0.05, 0) is 39.2 Å². The number of hydrogen-bond acceptors (Lipinski definition) is 4. The monoisotopic (exact) mass is 260 g/mol. The normalized spacial score (nSPS) is 23.0. The van der Waals surface area contributed by atoms with Crippen LogP contribution in [0.1, 0.15) is 53.6 Å². The minimum Gasteiger partial charge on any atom is -0.339 e. The number of rotatable bonds is 2. The summed E-state index contributed by atoms with van der Waals surface area (Å²) < 4.78 is 0. The summed E-state index contributed by atoms with van der Waals surface area (Å²) in [4.78, 5) is 23.2. The minimum atomic E-state index is 0.0842. The number of nitrogens with one attached hydrogen (secondary N) is 1. The van der Waals surface area contributed by atoms with Crippen LogP contribution in [0.4, 0.5) is 0 Å². The number of likely N-dealkylation sites (tertiary alicyclic amines) is 1. The zero-order valence-electron chi connectivity index (χ0n) is 11.4. The lowest BCUT2D eigenvalue weighted by atomic mass is 10.2. The largest absolute Gasteiger partial charge is 0.339 e.